The van der Waals surface area contributed by atoms with Crippen molar-refractivity contribution in [2.45, 2.75) is 50.7 Å². The SMILES string of the molecule is O=C(NC1CCC(O)CC1)C1Cc2ccccc2C1. The second kappa shape index (κ2) is 5.33. The van der Waals surface area contributed by atoms with Gasteiger partial charge in [-0.1, -0.05) is 24.3 Å². The van der Waals surface area contributed by atoms with E-state index >= 15 is 0 Å². The summed E-state index contributed by atoms with van der Waals surface area (Å²) < 4.78 is 0. The second-order valence-electron chi connectivity index (χ2n) is 5.89. The predicted molar refractivity (Wildman–Crippen MR) is 73.7 cm³/mol. The normalized spacial score (nSPS) is 27.0. The van der Waals surface area contributed by atoms with Gasteiger partial charge < -0.3 is 10.4 Å². The van der Waals surface area contributed by atoms with Gasteiger partial charge in [0, 0.05) is 12.0 Å². The van der Waals surface area contributed by atoms with Crippen LogP contribution in [0.1, 0.15) is 36.8 Å². The average molecular weight is 259 g/mol. The number of rotatable bonds is 2. The van der Waals surface area contributed by atoms with Gasteiger partial charge in [0.1, 0.15) is 0 Å². The number of amides is 1. The summed E-state index contributed by atoms with van der Waals surface area (Å²) in [5.74, 6) is 0.293. The van der Waals surface area contributed by atoms with Gasteiger partial charge in [-0.3, -0.25) is 4.79 Å². The molecular weight excluding hydrogens is 238 g/mol. The Kier molecular flexibility index (Phi) is 3.56. The summed E-state index contributed by atoms with van der Waals surface area (Å²) in [5.41, 5.74) is 2.64. The quantitative estimate of drug-likeness (QED) is 0.851. The maximum Gasteiger partial charge on any atom is 0.223 e. The van der Waals surface area contributed by atoms with E-state index in [1.807, 2.05) is 12.1 Å². The van der Waals surface area contributed by atoms with Gasteiger partial charge in [0.2, 0.25) is 5.91 Å². The molecule has 0 aromatic heterocycles. The second-order valence-corrected chi connectivity index (χ2v) is 5.89. The lowest BCUT2D eigenvalue weighted by atomic mass is 9.92. The highest BCUT2D eigenvalue weighted by Crippen LogP contribution is 2.27. The van der Waals surface area contributed by atoms with Gasteiger partial charge in [0.15, 0.2) is 0 Å². The first-order chi connectivity index (χ1) is 9.22. The topological polar surface area (TPSA) is 49.3 Å². The summed E-state index contributed by atoms with van der Waals surface area (Å²) in [6, 6.07) is 8.60. The number of carbonyl (C=O) groups is 1. The van der Waals surface area contributed by atoms with Crippen molar-refractivity contribution in [3.63, 3.8) is 0 Å². The maximum absolute atomic E-state index is 12.3. The number of nitrogens with one attached hydrogen (secondary N) is 1. The van der Waals surface area contributed by atoms with Crippen LogP contribution in [-0.2, 0) is 17.6 Å². The molecule has 0 unspecified atom stereocenters. The van der Waals surface area contributed by atoms with Crippen molar-refractivity contribution in [3.8, 4) is 0 Å². The Balaban J connectivity index is 1.55. The number of aliphatic hydroxyl groups excluding tert-OH is 1. The van der Waals surface area contributed by atoms with Gasteiger partial charge in [-0.2, -0.15) is 0 Å². The number of carbonyl (C=O) groups excluding carboxylic acids is 1. The molecule has 1 fully saturated rings. The highest BCUT2D eigenvalue weighted by molar-refractivity contribution is 5.80. The zero-order valence-corrected chi connectivity index (χ0v) is 11.1. The predicted octanol–water partition coefficient (Wildman–Crippen LogP) is 1.82. The Hall–Kier alpha value is -1.35. The van der Waals surface area contributed by atoms with Crippen LogP contribution in [0.25, 0.3) is 0 Å². The lowest BCUT2D eigenvalue weighted by molar-refractivity contribution is -0.125. The third-order valence-corrected chi connectivity index (χ3v) is 4.46. The summed E-state index contributed by atoms with van der Waals surface area (Å²) in [6.45, 7) is 0. The van der Waals surface area contributed by atoms with E-state index in [0.29, 0.717) is 0 Å². The van der Waals surface area contributed by atoms with Crippen LogP contribution in [0.15, 0.2) is 24.3 Å². The van der Waals surface area contributed by atoms with E-state index in [4.69, 9.17) is 0 Å². The minimum absolute atomic E-state index is 0.101. The van der Waals surface area contributed by atoms with Crippen LogP contribution in [0.3, 0.4) is 0 Å². The first kappa shape index (κ1) is 12.7. The van der Waals surface area contributed by atoms with Crippen molar-refractivity contribution < 1.29 is 9.90 Å². The Morgan fingerprint density at radius 3 is 2.21 bits per heavy atom. The van der Waals surface area contributed by atoms with Gasteiger partial charge in [-0.25, -0.2) is 0 Å². The Labute approximate surface area is 114 Å². The smallest absolute Gasteiger partial charge is 0.223 e. The molecule has 102 valence electrons. The van der Waals surface area contributed by atoms with Crippen molar-refractivity contribution in [1.29, 1.82) is 0 Å². The molecule has 0 saturated heterocycles. The monoisotopic (exact) mass is 259 g/mol. The summed E-state index contributed by atoms with van der Waals surface area (Å²) in [5, 5.41) is 12.6. The highest BCUT2D eigenvalue weighted by Gasteiger charge is 2.29. The van der Waals surface area contributed by atoms with E-state index < -0.39 is 0 Å². The molecule has 3 heteroatoms. The number of fused-ring (bicyclic) bond motifs is 1. The molecule has 2 aliphatic rings. The van der Waals surface area contributed by atoms with Gasteiger partial charge >= 0.3 is 0 Å². The minimum atomic E-state index is -0.163. The first-order valence-electron chi connectivity index (χ1n) is 7.27. The van der Waals surface area contributed by atoms with Crippen molar-refractivity contribution >= 4 is 5.91 Å². The zero-order chi connectivity index (χ0) is 13.2. The van der Waals surface area contributed by atoms with Crippen LogP contribution in [0.5, 0.6) is 0 Å². The molecular formula is C16H21NO2. The fraction of sp³-hybridized carbons (Fsp3) is 0.562. The summed E-state index contributed by atoms with van der Waals surface area (Å²) in [7, 11) is 0. The standard InChI is InChI=1S/C16H21NO2/c18-15-7-5-14(6-8-15)17-16(19)13-9-11-3-1-2-4-12(11)10-13/h1-4,13-15,18H,5-10H2,(H,17,19). The molecule has 1 aromatic rings. The maximum atomic E-state index is 12.3. The number of benzene rings is 1. The molecule has 0 atom stereocenters. The van der Waals surface area contributed by atoms with E-state index in [0.717, 1.165) is 38.5 Å². The molecule has 19 heavy (non-hydrogen) atoms. The molecule has 0 radical (unpaired) electrons. The van der Waals surface area contributed by atoms with Crippen LogP contribution in [0.4, 0.5) is 0 Å². The van der Waals surface area contributed by atoms with Crippen LogP contribution < -0.4 is 5.32 Å². The third kappa shape index (κ3) is 2.81. The van der Waals surface area contributed by atoms with E-state index in [9.17, 15) is 9.90 Å². The molecule has 3 rings (SSSR count). The average Bonchev–Trinajstić information content (AvgIpc) is 2.85. The van der Waals surface area contributed by atoms with Gasteiger partial charge in [-0.15, -0.1) is 0 Å². The van der Waals surface area contributed by atoms with Crippen LogP contribution in [0, 0.1) is 5.92 Å². The Bertz CT molecular complexity index is 439. The van der Waals surface area contributed by atoms with E-state index in [1.165, 1.54) is 11.1 Å². The van der Waals surface area contributed by atoms with Crippen molar-refractivity contribution in [3.05, 3.63) is 35.4 Å². The van der Waals surface area contributed by atoms with Gasteiger partial charge in [0.25, 0.3) is 0 Å². The number of hydrogen-bond acceptors (Lipinski definition) is 2. The molecule has 2 N–H and O–H groups in total. The van der Waals surface area contributed by atoms with Crippen LogP contribution >= 0.6 is 0 Å². The lowest BCUT2D eigenvalue weighted by Gasteiger charge is -2.27. The van der Waals surface area contributed by atoms with Crippen molar-refractivity contribution in [2.24, 2.45) is 5.92 Å². The highest BCUT2D eigenvalue weighted by atomic mass is 16.3. The summed E-state index contributed by atoms with van der Waals surface area (Å²) in [4.78, 5) is 12.3. The third-order valence-electron chi connectivity index (χ3n) is 4.46. The molecule has 1 saturated carbocycles. The fourth-order valence-electron chi connectivity index (χ4n) is 3.28. The molecule has 1 amide bonds. The van der Waals surface area contributed by atoms with Gasteiger partial charge in [-0.05, 0) is 49.7 Å². The van der Waals surface area contributed by atoms with Crippen LogP contribution in [0.2, 0.25) is 0 Å². The van der Waals surface area contributed by atoms with E-state index in [2.05, 4.69) is 17.4 Å². The van der Waals surface area contributed by atoms with E-state index in [1.54, 1.807) is 0 Å². The largest absolute Gasteiger partial charge is 0.393 e. The lowest BCUT2D eigenvalue weighted by Crippen LogP contribution is -2.41. The van der Waals surface area contributed by atoms with Crippen LogP contribution in [-0.4, -0.2) is 23.2 Å². The first-order valence-corrected chi connectivity index (χ1v) is 7.27. The van der Waals surface area contributed by atoms with Gasteiger partial charge in [0.05, 0.1) is 6.10 Å². The van der Waals surface area contributed by atoms with Crippen molar-refractivity contribution in [1.82, 2.24) is 5.32 Å². The minimum Gasteiger partial charge on any atom is -0.393 e. The molecule has 1 aromatic carbocycles. The summed E-state index contributed by atoms with van der Waals surface area (Å²) >= 11 is 0. The molecule has 0 aliphatic heterocycles. The molecule has 3 nitrogen and oxygen atoms in total. The number of hydrogen-bond donors (Lipinski definition) is 2. The molecule has 0 heterocycles. The number of aliphatic hydroxyl groups is 1. The Morgan fingerprint density at radius 1 is 1.05 bits per heavy atom. The molecule has 2 aliphatic carbocycles. The molecule has 0 spiro atoms. The molecule has 0 bridgehead atoms. The van der Waals surface area contributed by atoms with Crippen molar-refractivity contribution in [2.75, 3.05) is 0 Å². The van der Waals surface area contributed by atoms with E-state index in [-0.39, 0.29) is 24.0 Å². The summed E-state index contributed by atoms with van der Waals surface area (Å²) in [6.07, 6.45) is 5.03. The Morgan fingerprint density at radius 2 is 1.63 bits per heavy atom. The fourth-order valence-corrected chi connectivity index (χ4v) is 3.28. The zero-order valence-electron chi connectivity index (χ0n) is 11.1.